The van der Waals surface area contributed by atoms with Gasteiger partial charge in [0.1, 0.15) is 5.50 Å². The van der Waals surface area contributed by atoms with Crippen molar-refractivity contribution in [3.8, 4) is 6.19 Å². The number of thioether (sulfide) groups is 1. The van der Waals surface area contributed by atoms with E-state index in [1.54, 1.807) is 4.90 Å². The van der Waals surface area contributed by atoms with E-state index in [0.29, 0.717) is 17.7 Å². The Hall–Kier alpha value is -0.930. The normalized spacial score (nSPS) is 38.0. The van der Waals surface area contributed by atoms with Crippen molar-refractivity contribution in [2.24, 2.45) is 17.8 Å². The summed E-state index contributed by atoms with van der Waals surface area (Å²) in [7, 11) is 0. The van der Waals surface area contributed by atoms with Crippen LogP contribution < -0.4 is 5.32 Å². The SMILES string of the molecule is N#CN1CC[C@H]2CCN(C3NCC(C4CCCCC4)S3)C(=O)[C@@H]2C1. The van der Waals surface area contributed by atoms with E-state index in [9.17, 15) is 4.79 Å². The summed E-state index contributed by atoms with van der Waals surface area (Å²) >= 11 is 1.99. The van der Waals surface area contributed by atoms with Crippen LogP contribution in [0.1, 0.15) is 44.9 Å². The second kappa shape index (κ2) is 7.13. The Bertz CT molecular complexity index is 516. The molecule has 1 aliphatic carbocycles. The predicted octanol–water partition coefficient (Wildman–Crippen LogP) is 2.21. The zero-order chi connectivity index (χ0) is 16.5. The van der Waals surface area contributed by atoms with Crippen molar-refractivity contribution in [1.29, 1.82) is 5.26 Å². The molecular weight excluding hydrogens is 320 g/mol. The molecule has 132 valence electrons. The van der Waals surface area contributed by atoms with Crippen LogP contribution in [-0.4, -0.2) is 52.6 Å². The van der Waals surface area contributed by atoms with Gasteiger partial charge < -0.3 is 9.80 Å². The fourth-order valence-corrected chi connectivity index (χ4v) is 6.59. The molecule has 1 N–H and O–H groups in total. The van der Waals surface area contributed by atoms with E-state index in [-0.39, 0.29) is 17.3 Å². The fourth-order valence-electron chi connectivity index (χ4n) is 5.02. The Labute approximate surface area is 149 Å². The molecule has 3 saturated heterocycles. The average molecular weight is 349 g/mol. The summed E-state index contributed by atoms with van der Waals surface area (Å²) in [5, 5.41) is 13.4. The Morgan fingerprint density at radius 2 is 1.88 bits per heavy atom. The quantitative estimate of drug-likeness (QED) is 0.775. The predicted molar refractivity (Wildman–Crippen MR) is 94.9 cm³/mol. The number of amides is 1. The third-order valence-electron chi connectivity index (χ3n) is 6.49. The third-order valence-corrected chi connectivity index (χ3v) is 8.07. The maximum absolute atomic E-state index is 13.0. The standard InChI is InChI=1S/C18H28N4OS/c19-12-21-8-6-13-7-9-22(17(23)15(13)11-21)18-20-10-16(24-18)14-4-2-1-3-5-14/h13-16,18,20H,1-11H2/t13-,15+,16?,18?/m0/s1. The van der Waals surface area contributed by atoms with Gasteiger partial charge in [0.15, 0.2) is 6.19 Å². The van der Waals surface area contributed by atoms with Crippen molar-refractivity contribution in [3.05, 3.63) is 0 Å². The summed E-state index contributed by atoms with van der Waals surface area (Å²) in [4.78, 5) is 16.9. The van der Waals surface area contributed by atoms with Crippen LogP contribution in [0.2, 0.25) is 0 Å². The van der Waals surface area contributed by atoms with Gasteiger partial charge in [-0.25, -0.2) is 0 Å². The van der Waals surface area contributed by atoms with Crippen molar-refractivity contribution in [1.82, 2.24) is 15.1 Å². The first-order valence-corrected chi connectivity index (χ1v) is 10.5. The van der Waals surface area contributed by atoms with E-state index in [2.05, 4.69) is 16.4 Å². The highest BCUT2D eigenvalue weighted by molar-refractivity contribution is 8.00. The summed E-state index contributed by atoms with van der Waals surface area (Å²) in [6.07, 6.45) is 11.2. The smallest absolute Gasteiger partial charge is 0.229 e. The molecule has 2 unspecified atom stereocenters. The van der Waals surface area contributed by atoms with Crippen LogP contribution in [0, 0.1) is 29.2 Å². The van der Waals surface area contributed by atoms with Gasteiger partial charge in [0.2, 0.25) is 5.91 Å². The average Bonchev–Trinajstić information content (AvgIpc) is 3.12. The Morgan fingerprint density at radius 3 is 2.67 bits per heavy atom. The van der Waals surface area contributed by atoms with Crippen molar-refractivity contribution in [2.45, 2.75) is 55.7 Å². The monoisotopic (exact) mass is 348 g/mol. The number of carbonyl (C=O) groups excluding carboxylic acids is 1. The van der Waals surface area contributed by atoms with Gasteiger partial charge in [0, 0.05) is 31.4 Å². The molecule has 4 rings (SSSR count). The minimum Gasteiger partial charge on any atom is -0.318 e. The number of carbonyl (C=O) groups is 1. The van der Waals surface area contributed by atoms with Crippen LogP contribution in [0.15, 0.2) is 0 Å². The van der Waals surface area contributed by atoms with Crippen LogP contribution >= 0.6 is 11.8 Å². The Kier molecular flexibility index (Phi) is 4.91. The molecule has 0 aromatic carbocycles. The van der Waals surface area contributed by atoms with Gasteiger partial charge in [-0.3, -0.25) is 10.1 Å². The van der Waals surface area contributed by atoms with Crippen molar-refractivity contribution < 1.29 is 4.79 Å². The maximum Gasteiger partial charge on any atom is 0.229 e. The number of nitriles is 1. The zero-order valence-electron chi connectivity index (χ0n) is 14.3. The summed E-state index contributed by atoms with van der Waals surface area (Å²) in [6.45, 7) is 3.38. The van der Waals surface area contributed by atoms with Gasteiger partial charge in [-0.05, 0) is 37.5 Å². The third kappa shape index (κ3) is 3.13. The summed E-state index contributed by atoms with van der Waals surface area (Å²) in [6, 6.07) is 0. The minimum absolute atomic E-state index is 0.0308. The number of hydrogen-bond donors (Lipinski definition) is 1. The van der Waals surface area contributed by atoms with Crippen molar-refractivity contribution in [3.63, 3.8) is 0 Å². The second-order valence-corrected chi connectivity index (χ2v) is 9.18. The fraction of sp³-hybridized carbons (Fsp3) is 0.889. The summed E-state index contributed by atoms with van der Waals surface area (Å²) < 4.78 is 0. The molecule has 3 heterocycles. The van der Waals surface area contributed by atoms with E-state index < -0.39 is 0 Å². The number of fused-ring (bicyclic) bond motifs is 1. The Balaban J connectivity index is 1.38. The number of nitrogens with zero attached hydrogens (tertiary/aromatic N) is 3. The first-order chi connectivity index (χ1) is 11.8. The zero-order valence-corrected chi connectivity index (χ0v) is 15.1. The first-order valence-electron chi connectivity index (χ1n) is 9.60. The van der Waals surface area contributed by atoms with E-state index in [1.165, 1.54) is 32.1 Å². The molecule has 1 amide bonds. The van der Waals surface area contributed by atoms with Crippen molar-refractivity contribution >= 4 is 17.7 Å². The van der Waals surface area contributed by atoms with Gasteiger partial charge in [-0.1, -0.05) is 19.3 Å². The molecule has 4 fully saturated rings. The second-order valence-electron chi connectivity index (χ2n) is 7.85. The van der Waals surface area contributed by atoms with Crippen LogP contribution in [0.3, 0.4) is 0 Å². The maximum atomic E-state index is 13.0. The summed E-state index contributed by atoms with van der Waals surface area (Å²) in [5.74, 6) is 1.63. The van der Waals surface area contributed by atoms with Crippen LogP contribution in [-0.2, 0) is 4.79 Å². The highest BCUT2D eigenvalue weighted by atomic mass is 32.2. The lowest BCUT2D eigenvalue weighted by atomic mass is 9.80. The molecule has 3 aliphatic heterocycles. The number of rotatable bonds is 2. The lowest BCUT2D eigenvalue weighted by Gasteiger charge is -2.44. The highest BCUT2D eigenvalue weighted by Gasteiger charge is 2.44. The molecule has 6 heteroatoms. The molecular formula is C18H28N4OS. The largest absolute Gasteiger partial charge is 0.318 e. The van der Waals surface area contributed by atoms with Crippen molar-refractivity contribution in [2.75, 3.05) is 26.2 Å². The molecule has 0 aromatic heterocycles. The molecule has 0 aromatic rings. The number of nitrogens with one attached hydrogen (secondary N) is 1. The molecule has 0 spiro atoms. The topological polar surface area (TPSA) is 59.4 Å². The molecule has 0 radical (unpaired) electrons. The molecule has 1 saturated carbocycles. The lowest BCUT2D eigenvalue weighted by Crippen LogP contribution is -2.56. The van der Waals surface area contributed by atoms with E-state index >= 15 is 0 Å². The van der Waals surface area contributed by atoms with Gasteiger partial charge in [0.25, 0.3) is 0 Å². The van der Waals surface area contributed by atoms with Crippen LogP contribution in [0.4, 0.5) is 0 Å². The molecule has 4 aliphatic rings. The van der Waals surface area contributed by atoms with E-state index in [0.717, 1.165) is 38.4 Å². The van der Waals surface area contributed by atoms with Crippen LogP contribution in [0.25, 0.3) is 0 Å². The molecule has 24 heavy (non-hydrogen) atoms. The van der Waals surface area contributed by atoms with Gasteiger partial charge in [0.05, 0.1) is 5.92 Å². The highest BCUT2D eigenvalue weighted by Crippen LogP contribution is 2.40. The summed E-state index contributed by atoms with van der Waals surface area (Å²) in [5.41, 5.74) is 0.155. The van der Waals surface area contributed by atoms with Gasteiger partial charge >= 0.3 is 0 Å². The molecule has 0 bridgehead atoms. The number of likely N-dealkylation sites (tertiary alicyclic amines) is 2. The number of hydrogen-bond acceptors (Lipinski definition) is 5. The van der Waals surface area contributed by atoms with Crippen LogP contribution in [0.5, 0.6) is 0 Å². The number of piperidine rings is 2. The van der Waals surface area contributed by atoms with Gasteiger partial charge in [-0.15, -0.1) is 11.8 Å². The Morgan fingerprint density at radius 1 is 1.08 bits per heavy atom. The van der Waals surface area contributed by atoms with Gasteiger partial charge in [-0.2, -0.15) is 5.26 Å². The molecule has 5 nitrogen and oxygen atoms in total. The molecule has 4 atom stereocenters. The van der Waals surface area contributed by atoms with E-state index in [4.69, 9.17) is 5.26 Å². The lowest BCUT2D eigenvalue weighted by molar-refractivity contribution is -0.144. The first kappa shape index (κ1) is 16.5. The minimum atomic E-state index is 0.0308. The van der Waals surface area contributed by atoms with E-state index in [1.807, 2.05) is 11.8 Å².